The van der Waals surface area contributed by atoms with Crippen LogP contribution < -0.4 is 9.47 Å². The molecule has 1 N–H and O–H groups in total. The molecule has 3 heterocycles. The third-order valence-corrected chi connectivity index (χ3v) is 4.63. The normalized spacial score (nSPS) is 11.2. The van der Waals surface area contributed by atoms with Crippen LogP contribution >= 0.6 is 0 Å². The summed E-state index contributed by atoms with van der Waals surface area (Å²) in [5.41, 5.74) is 4.26. The largest absolute Gasteiger partial charge is 0.493 e. The first-order chi connectivity index (χ1) is 13.8. The minimum Gasteiger partial charge on any atom is -0.493 e. The number of methoxy groups -OCH3 is 2. The molecule has 0 radical (unpaired) electrons. The first-order valence-electron chi connectivity index (χ1n) is 8.63. The van der Waals surface area contributed by atoms with Crippen LogP contribution in [-0.4, -0.2) is 44.2 Å². The van der Waals surface area contributed by atoms with Crippen LogP contribution in [0, 0.1) is 0 Å². The number of fused-ring (bicyclic) bond motifs is 2. The maximum Gasteiger partial charge on any atom is 0.162 e. The van der Waals surface area contributed by atoms with E-state index in [1.54, 1.807) is 37.5 Å². The van der Waals surface area contributed by atoms with Gasteiger partial charge in [0.25, 0.3) is 0 Å². The molecule has 0 saturated heterocycles. The summed E-state index contributed by atoms with van der Waals surface area (Å²) in [6.07, 6.45) is 5.29. The summed E-state index contributed by atoms with van der Waals surface area (Å²) in [6, 6.07) is 11.6. The number of aromatic nitrogens is 6. The minimum atomic E-state index is 0.633. The van der Waals surface area contributed by atoms with Crippen molar-refractivity contribution in [1.29, 1.82) is 0 Å². The summed E-state index contributed by atoms with van der Waals surface area (Å²) in [5.74, 6) is 1.93. The molecule has 8 nitrogen and oxygen atoms in total. The average Bonchev–Trinajstić information content (AvgIpc) is 3.38. The summed E-state index contributed by atoms with van der Waals surface area (Å²) in [4.78, 5) is 9.22. The first-order valence-corrected chi connectivity index (χ1v) is 8.63. The van der Waals surface area contributed by atoms with Crippen molar-refractivity contribution in [3.8, 4) is 28.6 Å². The van der Waals surface area contributed by atoms with Crippen LogP contribution in [0.4, 0.5) is 0 Å². The van der Waals surface area contributed by atoms with Crippen molar-refractivity contribution in [3.63, 3.8) is 0 Å². The van der Waals surface area contributed by atoms with Crippen molar-refractivity contribution in [2.24, 2.45) is 0 Å². The Kier molecular flexibility index (Phi) is 3.68. The Labute approximate surface area is 159 Å². The second-order valence-electron chi connectivity index (χ2n) is 6.23. The van der Waals surface area contributed by atoms with Gasteiger partial charge in [-0.1, -0.05) is 12.1 Å². The zero-order valence-electron chi connectivity index (χ0n) is 15.2. The van der Waals surface area contributed by atoms with Crippen molar-refractivity contribution < 1.29 is 9.47 Å². The van der Waals surface area contributed by atoms with Crippen LogP contribution in [-0.2, 0) is 0 Å². The number of rotatable bonds is 4. The van der Waals surface area contributed by atoms with Gasteiger partial charge in [-0.25, -0.2) is 14.6 Å². The van der Waals surface area contributed by atoms with Gasteiger partial charge < -0.3 is 9.47 Å². The number of benzene rings is 2. The molecule has 0 saturated carbocycles. The molecule has 8 heteroatoms. The van der Waals surface area contributed by atoms with E-state index in [0.717, 1.165) is 33.2 Å². The van der Waals surface area contributed by atoms with E-state index in [9.17, 15) is 0 Å². The Balaban J connectivity index is 1.58. The maximum absolute atomic E-state index is 5.39. The Hall–Kier alpha value is -3.94. The van der Waals surface area contributed by atoms with E-state index < -0.39 is 0 Å². The molecule has 0 aliphatic heterocycles. The van der Waals surface area contributed by atoms with Crippen molar-refractivity contribution in [2.75, 3.05) is 14.2 Å². The highest BCUT2D eigenvalue weighted by Gasteiger charge is 2.12. The van der Waals surface area contributed by atoms with Crippen molar-refractivity contribution in [1.82, 2.24) is 29.9 Å². The molecule has 3 aromatic heterocycles. The molecule has 138 valence electrons. The number of nitrogens with one attached hydrogen (secondary N) is 1. The van der Waals surface area contributed by atoms with Gasteiger partial charge in [-0.05, 0) is 18.2 Å². The Morgan fingerprint density at radius 1 is 0.929 bits per heavy atom. The molecule has 28 heavy (non-hydrogen) atoms. The van der Waals surface area contributed by atoms with E-state index in [2.05, 4.69) is 25.3 Å². The standard InChI is InChI=1S/C20H16N6O2/c1-27-18-6-5-14(8-19(18)28-2)26-17-11-21-20(24-16(17)10-23-26)12-3-4-13-9-22-25-15(13)7-12/h3-11H,1-2H3,(H,22,25). The monoisotopic (exact) mass is 372 g/mol. The second kappa shape index (κ2) is 6.34. The molecule has 0 fully saturated rings. The van der Waals surface area contributed by atoms with E-state index in [-0.39, 0.29) is 0 Å². The number of H-pyrrole nitrogens is 1. The van der Waals surface area contributed by atoms with E-state index in [1.807, 2.05) is 36.4 Å². The smallest absolute Gasteiger partial charge is 0.162 e. The number of ether oxygens (including phenoxy) is 2. The third-order valence-electron chi connectivity index (χ3n) is 4.63. The number of hydrogen-bond donors (Lipinski definition) is 1. The van der Waals surface area contributed by atoms with E-state index in [0.29, 0.717) is 17.3 Å². The van der Waals surface area contributed by atoms with Gasteiger partial charge in [0.2, 0.25) is 0 Å². The van der Waals surface area contributed by atoms with Crippen molar-refractivity contribution in [3.05, 3.63) is 55.0 Å². The van der Waals surface area contributed by atoms with Crippen molar-refractivity contribution in [2.45, 2.75) is 0 Å². The molecule has 5 rings (SSSR count). The zero-order chi connectivity index (χ0) is 19.1. The molecule has 0 atom stereocenters. The Morgan fingerprint density at radius 3 is 2.68 bits per heavy atom. The maximum atomic E-state index is 5.39. The Morgan fingerprint density at radius 2 is 1.82 bits per heavy atom. The van der Waals surface area contributed by atoms with E-state index in [1.165, 1.54) is 0 Å². The highest BCUT2D eigenvalue weighted by molar-refractivity contribution is 5.84. The van der Waals surface area contributed by atoms with Crippen LogP contribution in [0.1, 0.15) is 0 Å². The highest BCUT2D eigenvalue weighted by atomic mass is 16.5. The minimum absolute atomic E-state index is 0.633. The fraction of sp³-hybridized carbons (Fsp3) is 0.100. The predicted molar refractivity (Wildman–Crippen MR) is 105 cm³/mol. The molecular formula is C20H16N6O2. The fourth-order valence-corrected chi connectivity index (χ4v) is 3.20. The lowest BCUT2D eigenvalue weighted by molar-refractivity contribution is 0.355. The van der Waals surface area contributed by atoms with Gasteiger partial charge >= 0.3 is 0 Å². The fourth-order valence-electron chi connectivity index (χ4n) is 3.20. The first kappa shape index (κ1) is 16.2. The lowest BCUT2D eigenvalue weighted by Gasteiger charge is -2.10. The van der Waals surface area contributed by atoms with Crippen LogP contribution in [0.5, 0.6) is 11.5 Å². The number of nitrogens with zero attached hydrogens (tertiary/aromatic N) is 5. The third kappa shape index (κ3) is 2.54. The Bertz CT molecular complexity index is 1310. The van der Waals surface area contributed by atoms with Crippen LogP contribution in [0.3, 0.4) is 0 Å². The molecular weight excluding hydrogens is 356 g/mol. The number of aromatic amines is 1. The van der Waals surface area contributed by atoms with Gasteiger partial charge in [-0.3, -0.25) is 5.10 Å². The summed E-state index contributed by atoms with van der Waals surface area (Å²) in [7, 11) is 3.21. The molecule has 0 bridgehead atoms. The zero-order valence-corrected chi connectivity index (χ0v) is 15.2. The molecule has 0 unspecified atom stereocenters. The van der Waals surface area contributed by atoms with Gasteiger partial charge in [0.1, 0.15) is 11.0 Å². The summed E-state index contributed by atoms with van der Waals surface area (Å²) in [6.45, 7) is 0. The quantitative estimate of drug-likeness (QED) is 0.520. The van der Waals surface area contributed by atoms with Gasteiger partial charge in [-0.2, -0.15) is 10.2 Å². The van der Waals surface area contributed by atoms with Gasteiger partial charge in [0.05, 0.1) is 44.0 Å². The van der Waals surface area contributed by atoms with Crippen LogP contribution in [0.15, 0.2) is 55.0 Å². The molecule has 2 aromatic carbocycles. The second-order valence-corrected chi connectivity index (χ2v) is 6.23. The summed E-state index contributed by atoms with van der Waals surface area (Å²) in [5, 5.41) is 12.5. The predicted octanol–water partition coefficient (Wildman–Crippen LogP) is 3.38. The van der Waals surface area contributed by atoms with Gasteiger partial charge in [0.15, 0.2) is 17.3 Å². The molecule has 0 amide bonds. The van der Waals surface area contributed by atoms with Gasteiger partial charge in [-0.15, -0.1) is 0 Å². The van der Waals surface area contributed by atoms with Gasteiger partial charge in [0, 0.05) is 17.0 Å². The van der Waals surface area contributed by atoms with Crippen LogP contribution in [0.2, 0.25) is 0 Å². The lowest BCUT2D eigenvalue weighted by atomic mass is 10.1. The summed E-state index contributed by atoms with van der Waals surface area (Å²) >= 11 is 0. The highest BCUT2D eigenvalue weighted by Crippen LogP contribution is 2.30. The van der Waals surface area contributed by atoms with E-state index in [4.69, 9.17) is 9.47 Å². The summed E-state index contributed by atoms with van der Waals surface area (Å²) < 4.78 is 12.5. The molecule has 0 spiro atoms. The topological polar surface area (TPSA) is 90.7 Å². The van der Waals surface area contributed by atoms with Crippen molar-refractivity contribution >= 4 is 21.9 Å². The average molecular weight is 372 g/mol. The van der Waals surface area contributed by atoms with E-state index >= 15 is 0 Å². The SMILES string of the molecule is COc1ccc(-n2ncc3nc(-c4ccc5cn[nH]c5c4)ncc32)cc1OC. The number of hydrogen-bond acceptors (Lipinski definition) is 6. The molecule has 0 aliphatic carbocycles. The molecule has 5 aromatic rings. The van der Waals surface area contributed by atoms with Crippen LogP contribution in [0.25, 0.3) is 39.0 Å². The lowest BCUT2D eigenvalue weighted by Crippen LogP contribution is -1.99. The molecule has 0 aliphatic rings.